The maximum atomic E-state index is 7.98. The van der Waals surface area contributed by atoms with E-state index in [1.807, 2.05) is 24.3 Å². The molecule has 0 fully saturated rings. The third-order valence-electron chi connectivity index (χ3n) is 11.2. The van der Waals surface area contributed by atoms with Gasteiger partial charge in [-0.2, -0.15) is 0 Å². The van der Waals surface area contributed by atoms with Crippen molar-refractivity contribution in [2.24, 2.45) is 0 Å². The molecule has 0 unspecified atom stereocenters. The zero-order chi connectivity index (χ0) is 37.2. The number of fused-ring (bicyclic) bond motifs is 6. The normalized spacial score (nSPS) is 11.9. The quantitative estimate of drug-likeness (QED) is 0.163. The fourth-order valence-corrected chi connectivity index (χ4v) is 8.58. The third kappa shape index (κ3) is 5.24. The summed E-state index contributed by atoms with van der Waals surface area (Å²) in [6.45, 7) is 0. The van der Waals surface area contributed by atoms with E-state index in [1.165, 1.54) is 66.1 Å². The summed E-state index contributed by atoms with van der Waals surface area (Å²) in [5, 5.41) is 9.45. The second-order valence-electron chi connectivity index (χ2n) is 14.3. The average molecular weight is 700 g/mol. The molecule has 0 bridgehead atoms. The summed E-state index contributed by atoms with van der Waals surface area (Å²) in [6.07, 6.45) is 0. The number of rotatable bonds is 5. The highest BCUT2D eigenvalue weighted by molar-refractivity contribution is 6.21. The molecule has 55 heavy (non-hydrogen) atoms. The predicted molar refractivity (Wildman–Crippen MR) is 233 cm³/mol. The molecule has 0 saturated carbocycles. The molecule has 0 saturated heterocycles. The standard InChI is InChI=1S/C54H34O/c1-2-11-35(12-3-1)43-31-32-49-51(34-43)55-50-20-10-19-44(54(49)50)38-24-28-40(29-25-38)53-47-17-8-6-15-45(47)52(46-16-7-9-18-48(46)53)39-26-21-37(22-27-39)42-30-23-36-13-4-5-14-41(36)33-42/h1-34H/i4D. The molecule has 0 aliphatic carbocycles. The SMILES string of the molecule is [2H]c1ccc2cc(-c3ccc(-c4c5ccccc5c(-c5ccc(-c6cccc7oc8cc(-c9ccccc9)ccc8c67)cc5)c5ccccc45)cc3)ccc2c1. The van der Waals surface area contributed by atoms with Gasteiger partial charge in [-0.05, 0) is 112 Å². The average Bonchev–Trinajstić information content (AvgIpc) is 3.64. The molecule has 0 N–H and O–H groups in total. The van der Waals surface area contributed by atoms with Crippen LogP contribution in [0.5, 0.6) is 0 Å². The second kappa shape index (κ2) is 12.7. The minimum Gasteiger partial charge on any atom is -0.456 e. The number of furan rings is 1. The van der Waals surface area contributed by atoms with Crippen LogP contribution in [0.15, 0.2) is 211 Å². The van der Waals surface area contributed by atoms with Crippen LogP contribution in [-0.4, -0.2) is 0 Å². The van der Waals surface area contributed by atoms with Crippen molar-refractivity contribution >= 4 is 54.3 Å². The molecule has 0 atom stereocenters. The first-order valence-electron chi connectivity index (χ1n) is 19.3. The summed E-state index contributed by atoms with van der Waals surface area (Å²) >= 11 is 0. The molecule has 0 aliphatic heterocycles. The molecular formula is C54H34O. The van der Waals surface area contributed by atoms with Crippen molar-refractivity contribution < 1.29 is 5.79 Å². The number of hydrogen-bond acceptors (Lipinski definition) is 1. The predicted octanol–water partition coefficient (Wildman–Crippen LogP) is 15.4. The van der Waals surface area contributed by atoms with Gasteiger partial charge in [0.1, 0.15) is 11.2 Å². The lowest BCUT2D eigenvalue weighted by atomic mass is 9.85. The molecule has 1 aromatic heterocycles. The van der Waals surface area contributed by atoms with E-state index < -0.39 is 0 Å². The zero-order valence-corrected chi connectivity index (χ0v) is 30.0. The van der Waals surface area contributed by atoms with Gasteiger partial charge in [-0.3, -0.25) is 0 Å². The Bertz CT molecular complexity index is 3230. The van der Waals surface area contributed by atoms with Crippen molar-refractivity contribution in [1.29, 1.82) is 0 Å². The molecule has 1 heteroatoms. The van der Waals surface area contributed by atoms with Gasteiger partial charge in [0.25, 0.3) is 0 Å². The van der Waals surface area contributed by atoms with Crippen molar-refractivity contribution in [1.82, 2.24) is 0 Å². The van der Waals surface area contributed by atoms with Gasteiger partial charge in [-0.1, -0.05) is 182 Å². The Hall–Kier alpha value is -7.22. The van der Waals surface area contributed by atoms with Crippen LogP contribution >= 0.6 is 0 Å². The van der Waals surface area contributed by atoms with Crippen LogP contribution in [0.2, 0.25) is 0 Å². The molecule has 11 aromatic rings. The second-order valence-corrected chi connectivity index (χ2v) is 14.3. The summed E-state index contributed by atoms with van der Waals surface area (Å²) in [6, 6.07) is 71.9. The molecule has 1 heterocycles. The highest BCUT2D eigenvalue weighted by Crippen LogP contribution is 2.45. The molecule has 1 nitrogen and oxygen atoms in total. The van der Waals surface area contributed by atoms with Crippen molar-refractivity contribution in [3.8, 4) is 55.6 Å². The van der Waals surface area contributed by atoms with Crippen LogP contribution in [0.3, 0.4) is 0 Å². The first-order chi connectivity index (χ1) is 27.7. The lowest BCUT2D eigenvalue weighted by molar-refractivity contribution is 0.669. The van der Waals surface area contributed by atoms with E-state index in [1.54, 1.807) is 0 Å². The number of benzene rings is 10. The van der Waals surface area contributed by atoms with Crippen molar-refractivity contribution in [2.75, 3.05) is 0 Å². The van der Waals surface area contributed by atoms with E-state index in [9.17, 15) is 0 Å². The van der Waals surface area contributed by atoms with Gasteiger partial charge in [-0.15, -0.1) is 0 Å². The van der Waals surface area contributed by atoms with Gasteiger partial charge in [0.15, 0.2) is 0 Å². The maximum Gasteiger partial charge on any atom is 0.136 e. The Morgan fingerprint density at radius 2 is 0.855 bits per heavy atom. The summed E-state index contributed by atoms with van der Waals surface area (Å²) in [7, 11) is 0. The fourth-order valence-electron chi connectivity index (χ4n) is 8.58. The Kier molecular flexibility index (Phi) is 7.00. The molecule has 256 valence electrons. The van der Waals surface area contributed by atoms with E-state index in [0.29, 0.717) is 6.04 Å². The van der Waals surface area contributed by atoms with Crippen molar-refractivity contribution in [2.45, 2.75) is 0 Å². The number of hydrogen-bond donors (Lipinski definition) is 0. The highest BCUT2D eigenvalue weighted by atomic mass is 16.3. The van der Waals surface area contributed by atoms with E-state index in [-0.39, 0.29) is 0 Å². The van der Waals surface area contributed by atoms with Crippen LogP contribution in [-0.2, 0) is 0 Å². The van der Waals surface area contributed by atoms with Crippen LogP contribution in [0.1, 0.15) is 1.37 Å². The van der Waals surface area contributed by atoms with Gasteiger partial charge in [0.05, 0.1) is 1.37 Å². The lowest BCUT2D eigenvalue weighted by Crippen LogP contribution is -1.91. The molecule has 0 amide bonds. The van der Waals surface area contributed by atoms with E-state index in [0.717, 1.165) is 43.8 Å². The summed E-state index contributed by atoms with van der Waals surface area (Å²) in [5.41, 5.74) is 13.7. The van der Waals surface area contributed by atoms with Crippen LogP contribution in [0.4, 0.5) is 0 Å². The first kappa shape index (κ1) is 30.3. The minimum atomic E-state index is 0.535. The molecule has 10 aromatic carbocycles. The Morgan fingerprint density at radius 1 is 0.309 bits per heavy atom. The Labute approximate surface area is 320 Å². The Morgan fingerprint density at radius 3 is 1.53 bits per heavy atom. The van der Waals surface area contributed by atoms with Crippen molar-refractivity contribution in [3.63, 3.8) is 0 Å². The van der Waals surface area contributed by atoms with Gasteiger partial charge < -0.3 is 4.42 Å². The maximum absolute atomic E-state index is 7.98. The lowest BCUT2D eigenvalue weighted by Gasteiger charge is -2.18. The molecular weight excluding hydrogens is 665 g/mol. The first-order valence-corrected chi connectivity index (χ1v) is 18.8. The van der Waals surface area contributed by atoms with Gasteiger partial charge in [0, 0.05) is 10.8 Å². The minimum absolute atomic E-state index is 0.535. The monoisotopic (exact) mass is 699 g/mol. The summed E-state index contributed by atoms with van der Waals surface area (Å²) < 4.78 is 14.4. The van der Waals surface area contributed by atoms with Gasteiger partial charge in [-0.25, -0.2) is 0 Å². The topological polar surface area (TPSA) is 13.1 Å². The molecule has 0 aliphatic rings. The molecule has 0 spiro atoms. The van der Waals surface area contributed by atoms with E-state index in [2.05, 4.69) is 176 Å². The largest absolute Gasteiger partial charge is 0.456 e. The zero-order valence-electron chi connectivity index (χ0n) is 31.0. The highest BCUT2D eigenvalue weighted by Gasteiger charge is 2.18. The van der Waals surface area contributed by atoms with E-state index >= 15 is 0 Å². The third-order valence-corrected chi connectivity index (χ3v) is 11.2. The Balaban J connectivity index is 1.00. The van der Waals surface area contributed by atoms with Gasteiger partial charge >= 0.3 is 0 Å². The van der Waals surface area contributed by atoms with Crippen molar-refractivity contribution in [3.05, 3.63) is 206 Å². The fraction of sp³-hybridized carbons (Fsp3) is 0. The van der Waals surface area contributed by atoms with Crippen LogP contribution in [0, 0.1) is 0 Å². The summed E-state index contributed by atoms with van der Waals surface area (Å²) in [5.74, 6) is 0. The van der Waals surface area contributed by atoms with Crippen LogP contribution in [0.25, 0.3) is 110 Å². The smallest absolute Gasteiger partial charge is 0.136 e. The summed E-state index contributed by atoms with van der Waals surface area (Å²) in [4.78, 5) is 0. The van der Waals surface area contributed by atoms with E-state index in [4.69, 9.17) is 5.79 Å². The van der Waals surface area contributed by atoms with Gasteiger partial charge in [0.2, 0.25) is 0 Å². The van der Waals surface area contributed by atoms with Crippen LogP contribution < -0.4 is 0 Å². The molecule has 11 rings (SSSR count). The molecule has 0 radical (unpaired) electrons.